The molecule has 4 aliphatic carbocycles. The molecule has 0 N–H and O–H groups in total. The molecule has 4 heteroatoms. The standard InChI is InChI=1S/C29H34O4/c1-28-18-17-24(23(19-28)20-11-9-10-12-20)29(2,33-26(31)22-15-7-4-8-16-22)27(28)32-25(30)21-13-5-3-6-14-21/h3-8,13-16,20,23-24,27H,9-12,17-19H2,1-2H3. The van der Waals surface area contributed by atoms with E-state index in [9.17, 15) is 9.59 Å². The van der Waals surface area contributed by atoms with Crippen molar-refractivity contribution in [2.75, 3.05) is 0 Å². The molecule has 4 fully saturated rings. The normalized spacial score (nSPS) is 33.6. The van der Waals surface area contributed by atoms with Crippen LogP contribution in [0.15, 0.2) is 60.7 Å². The molecule has 5 unspecified atom stereocenters. The smallest absolute Gasteiger partial charge is 0.338 e. The zero-order valence-electron chi connectivity index (χ0n) is 19.7. The van der Waals surface area contributed by atoms with Gasteiger partial charge in [-0.2, -0.15) is 0 Å². The molecule has 33 heavy (non-hydrogen) atoms. The van der Waals surface area contributed by atoms with E-state index in [1.165, 1.54) is 25.7 Å². The minimum absolute atomic E-state index is 0.198. The Bertz CT molecular complexity index is 997. The number of fused-ring (bicyclic) bond motifs is 3. The minimum Gasteiger partial charge on any atom is -0.454 e. The van der Waals surface area contributed by atoms with E-state index in [0.29, 0.717) is 23.0 Å². The number of carbonyl (C=O) groups is 2. The maximum Gasteiger partial charge on any atom is 0.338 e. The third-order valence-corrected chi connectivity index (χ3v) is 8.70. The van der Waals surface area contributed by atoms with Crippen molar-refractivity contribution in [1.29, 1.82) is 0 Å². The van der Waals surface area contributed by atoms with Gasteiger partial charge < -0.3 is 9.47 Å². The summed E-state index contributed by atoms with van der Waals surface area (Å²) in [6.07, 6.45) is 7.66. The monoisotopic (exact) mass is 446 g/mol. The van der Waals surface area contributed by atoms with Crippen molar-refractivity contribution < 1.29 is 19.1 Å². The molecule has 4 saturated carbocycles. The van der Waals surface area contributed by atoms with Gasteiger partial charge in [0.25, 0.3) is 0 Å². The van der Waals surface area contributed by atoms with Gasteiger partial charge in [-0.05, 0) is 62.3 Å². The summed E-state index contributed by atoms with van der Waals surface area (Å²) in [5, 5.41) is 0. The Labute approximate surface area is 196 Å². The second kappa shape index (κ2) is 8.62. The van der Waals surface area contributed by atoms with Gasteiger partial charge >= 0.3 is 11.9 Å². The van der Waals surface area contributed by atoms with Gasteiger partial charge in [0, 0.05) is 11.3 Å². The van der Waals surface area contributed by atoms with Gasteiger partial charge in [0.1, 0.15) is 11.7 Å². The Kier molecular flexibility index (Phi) is 5.80. The quantitative estimate of drug-likeness (QED) is 0.495. The van der Waals surface area contributed by atoms with Gasteiger partial charge in [-0.1, -0.05) is 69.0 Å². The highest BCUT2D eigenvalue weighted by atomic mass is 16.6. The van der Waals surface area contributed by atoms with Crippen molar-refractivity contribution in [3.05, 3.63) is 71.8 Å². The first-order valence-corrected chi connectivity index (χ1v) is 12.5. The summed E-state index contributed by atoms with van der Waals surface area (Å²) < 4.78 is 12.6. The number of hydrogen-bond donors (Lipinski definition) is 0. The molecule has 174 valence electrons. The summed E-state index contributed by atoms with van der Waals surface area (Å²) in [6.45, 7) is 4.27. The molecule has 6 rings (SSSR count). The Hall–Kier alpha value is -2.62. The van der Waals surface area contributed by atoms with E-state index >= 15 is 0 Å². The lowest BCUT2D eigenvalue weighted by atomic mass is 9.47. The van der Waals surface area contributed by atoms with Crippen LogP contribution in [0.2, 0.25) is 0 Å². The third-order valence-electron chi connectivity index (χ3n) is 8.70. The van der Waals surface area contributed by atoms with E-state index in [1.54, 1.807) is 24.3 Å². The van der Waals surface area contributed by atoms with E-state index in [4.69, 9.17) is 9.47 Å². The second-order valence-electron chi connectivity index (χ2n) is 10.8. The van der Waals surface area contributed by atoms with Crippen LogP contribution in [-0.2, 0) is 9.47 Å². The topological polar surface area (TPSA) is 52.6 Å². The molecule has 4 nitrogen and oxygen atoms in total. The van der Waals surface area contributed by atoms with Crippen LogP contribution in [0.25, 0.3) is 0 Å². The molecule has 5 atom stereocenters. The average molecular weight is 447 g/mol. The summed E-state index contributed by atoms with van der Waals surface area (Å²) in [5.41, 5.74) is 0.0103. The van der Waals surface area contributed by atoms with Crippen LogP contribution in [0, 0.1) is 23.2 Å². The van der Waals surface area contributed by atoms with E-state index in [-0.39, 0.29) is 23.3 Å². The third kappa shape index (κ3) is 3.98. The Morgan fingerprint density at radius 1 is 0.818 bits per heavy atom. The molecule has 0 saturated heterocycles. The van der Waals surface area contributed by atoms with Gasteiger partial charge in [0.2, 0.25) is 0 Å². The van der Waals surface area contributed by atoms with Crippen LogP contribution in [0.3, 0.4) is 0 Å². The molecular formula is C29H34O4. The Morgan fingerprint density at radius 2 is 1.39 bits per heavy atom. The lowest BCUT2D eigenvalue weighted by Gasteiger charge is -2.62. The van der Waals surface area contributed by atoms with Crippen LogP contribution in [0.1, 0.15) is 79.5 Å². The summed E-state index contributed by atoms with van der Waals surface area (Å²) in [4.78, 5) is 26.4. The minimum atomic E-state index is -0.851. The molecule has 0 radical (unpaired) electrons. The zero-order valence-corrected chi connectivity index (χ0v) is 19.7. The van der Waals surface area contributed by atoms with E-state index in [2.05, 4.69) is 6.92 Å². The number of esters is 2. The van der Waals surface area contributed by atoms with Crippen molar-refractivity contribution in [3.8, 4) is 0 Å². The fourth-order valence-electron chi connectivity index (χ4n) is 7.17. The maximum absolute atomic E-state index is 13.3. The first-order valence-electron chi connectivity index (χ1n) is 12.5. The van der Waals surface area contributed by atoms with Crippen molar-refractivity contribution in [2.45, 2.75) is 70.5 Å². The summed E-state index contributed by atoms with van der Waals surface area (Å²) >= 11 is 0. The largest absolute Gasteiger partial charge is 0.454 e. The lowest BCUT2D eigenvalue weighted by Crippen LogP contribution is -2.67. The number of rotatable bonds is 5. The van der Waals surface area contributed by atoms with Crippen LogP contribution < -0.4 is 0 Å². The number of hydrogen-bond acceptors (Lipinski definition) is 4. The van der Waals surface area contributed by atoms with Crippen LogP contribution >= 0.6 is 0 Å². The van der Waals surface area contributed by atoms with Crippen LogP contribution in [0.5, 0.6) is 0 Å². The van der Waals surface area contributed by atoms with Crippen LogP contribution in [-0.4, -0.2) is 23.6 Å². The Balaban J connectivity index is 1.49. The molecule has 0 aliphatic heterocycles. The molecule has 0 aromatic heterocycles. The highest BCUT2D eigenvalue weighted by Gasteiger charge is 2.65. The van der Waals surface area contributed by atoms with Gasteiger partial charge in [-0.3, -0.25) is 0 Å². The van der Waals surface area contributed by atoms with E-state index < -0.39 is 11.7 Å². The summed E-state index contributed by atoms with van der Waals surface area (Å²) in [6, 6.07) is 18.3. The van der Waals surface area contributed by atoms with E-state index in [1.807, 2.05) is 43.3 Å². The highest BCUT2D eigenvalue weighted by molar-refractivity contribution is 5.90. The molecule has 0 heterocycles. The maximum atomic E-state index is 13.3. The highest BCUT2D eigenvalue weighted by Crippen LogP contribution is 2.62. The molecule has 4 aliphatic rings. The molecule has 2 aromatic rings. The van der Waals surface area contributed by atoms with Crippen molar-refractivity contribution in [1.82, 2.24) is 0 Å². The number of benzene rings is 2. The van der Waals surface area contributed by atoms with Gasteiger partial charge in [-0.25, -0.2) is 9.59 Å². The predicted molar refractivity (Wildman–Crippen MR) is 127 cm³/mol. The van der Waals surface area contributed by atoms with Gasteiger partial charge in [0.15, 0.2) is 0 Å². The fraction of sp³-hybridized carbons (Fsp3) is 0.517. The van der Waals surface area contributed by atoms with Crippen LogP contribution in [0.4, 0.5) is 0 Å². The first-order chi connectivity index (χ1) is 15.9. The molecule has 2 bridgehead atoms. The number of ether oxygens (including phenoxy) is 2. The van der Waals surface area contributed by atoms with Crippen molar-refractivity contribution >= 4 is 11.9 Å². The molecule has 0 amide bonds. The summed E-state index contributed by atoms with van der Waals surface area (Å²) in [7, 11) is 0. The average Bonchev–Trinajstić information content (AvgIpc) is 3.37. The van der Waals surface area contributed by atoms with Gasteiger partial charge in [-0.15, -0.1) is 0 Å². The SMILES string of the molecule is CC12CCC(C(C3CCCC3)C1)C(C)(OC(=O)c1ccccc1)C2OC(=O)c1ccccc1. The molecular weight excluding hydrogens is 412 g/mol. The van der Waals surface area contributed by atoms with Gasteiger partial charge in [0.05, 0.1) is 11.1 Å². The zero-order chi connectivity index (χ0) is 23.1. The molecule has 0 spiro atoms. The van der Waals surface area contributed by atoms with Crippen molar-refractivity contribution in [3.63, 3.8) is 0 Å². The first kappa shape index (κ1) is 22.2. The van der Waals surface area contributed by atoms with Crippen molar-refractivity contribution in [2.24, 2.45) is 23.2 Å². The van der Waals surface area contributed by atoms with E-state index in [0.717, 1.165) is 19.3 Å². The second-order valence-corrected chi connectivity index (χ2v) is 10.8. The fourth-order valence-corrected chi connectivity index (χ4v) is 7.17. The lowest BCUT2D eigenvalue weighted by molar-refractivity contribution is -0.235. The predicted octanol–water partition coefficient (Wildman–Crippen LogP) is 6.45. The summed E-state index contributed by atoms with van der Waals surface area (Å²) in [5.74, 6) is 0.708. The molecule has 2 aromatic carbocycles. The number of carbonyl (C=O) groups excluding carboxylic acids is 2. The Morgan fingerprint density at radius 3 is 2.00 bits per heavy atom.